The average molecular weight is 1320 g/mol. The average Bonchev–Trinajstić information content (AvgIpc) is 1.59. The number of ether oxygens (including phenoxy) is 7. The summed E-state index contributed by atoms with van der Waals surface area (Å²) < 4.78 is 39.2. The van der Waals surface area contributed by atoms with E-state index in [0.29, 0.717) is 55.6 Å². The van der Waals surface area contributed by atoms with E-state index < -0.39 is 125 Å². The number of amides is 8. The molecule has 2 saturated carbocycles. The van der Waals surface area contributed by atoms with Gasteiger partial charge in [0.2, 0.25) is 23.6 Å². The zero-order valence-corrected chi connectivity index (χ0v) is 54.3. The number of carbonyl (C=O) groups is 10. The summed E-state index contributed by atoms with van der Waals surface area (Å²) in [6.07, 6.45) is 4.49. The lowest BCUT2D eigenvalue weighted by molar-refractivity contribution is -0.150. The highest BCUT2D eigenvalue weighted by Crippen LogP contribution is 2.47. The summed E-state index contributed by atoms with van der Waals surface area (Å²) in [6, 6.07) is 6.43. The number of esters is 1. The Bertz CT molecular complexity index is 3240. The number of carboxylic acid groups (broad SMARTS) is 1. The number of carboxylic acids is 1. The Morgan fingerprint density at radius 2 is 1.05 bits per heavy atom. The van der Waals surface area contributed by atoms with Gasteiger partial charge in [-0.2, -0.15) is 0 Å². The molecule has 6 heterocycles. The van der Waals surface area contributed by atoms with Crippen molar-refractivity contribution in [2.24, 2.45) is 11.8 Å². The molecule has 2 saturated heterocycles. The van der Waals surface area contributed by atoms with Crippen LogP contribution >= 0.6 is 23.2 Å². The zero-order chi connectivity index (χ0) is 66.5. The van der Waals surface area contributed by atoms with Crippen molar-refractivity contribution in [3.63, 3.8) is 0 Å². The first-order valence-electron chi connectivity index (χ1n) is 31.2. The Morgan fingerprint density at radius 3 is 1.47 bits per heavy atom. The lowest BCUT2D eigenvalue weighted by atomic mass is 10.1. The number of benzene rings is 2. The fourth-order valence-electron chi connectivity index (χ4n) is 12.2. The van der Waals surface area contributed by atoms with Crippen LogP contribution in [0, 0.1) is 11.8 Å². The molecule has 28 heteroatoms. The number of aliphatic carboxylic acids is 1. The number of halogens is 2. The highest BCUT2D eigenvalue weighted by Gasteiger charge is 2.63. The summed E-state index contributed by atoms with van der Waals surface area (Å²) in [4.78, 5) is 139. The van der Waals surface area contributed by atoms with E-state index in [1.54, 1.807) is 72.7 Å². The van der Waals surface area contributed by atoms with Gasteiger partial charge in [-0.25, -0.2) is 28.8 Å². The second kappa shape index (κ2) is 28.7. The molecule has 8 aliphatic rings. The number of alkyl carbamates (subject to hydrolysis) is 2. The topological polar surface area (TPSA) is 317 Å². The van der Waals surface area contributed by atoms with E-state index in [0.717, 1.165) is 22.3 Å². The summed E-state index contributed by atoms with van der Waals surface area (Å²) >= 11 is 12.6. The number of carbonyl (C=O) groups excluding carboxylic acids is 9. The Labute approximate surface area is 543 Å². The standard InChI is InChI=1S/C33H43ClN4O9.C31H39ClN4O9/c1-5-45-29(41)33-16-21(33)10-6-7-13-44-14-12-25(35-30(42)47-32(2,3)4)28(40)38-18-22(15-26(38)27(39)36-33)46-31(43)37-17-20-9-8-11-24(34)23(20)19-37;1-30(2,3)45-28(41)33-23-10-12-43-11-5-4-8-19-14-31(19,27(39)40)34-25(37)24-13-20(16-36(24)26(23)38)44-29(42)35-15-18-7-6-9-22(32)21(18)17-35/h6,8-11,21-22,25-26H,5,7,12-19H2,1-4H3,(H,35,42)(H,36,39);4,6-9,19-20,23-24H,5,10-17H2,1-3H3,(H,33,41)(H,34,37)(H,39,40)/b10-6-;8-4-/t21-,22-,25+,26+,33-;19-,20-,23+,24+,31-/m11/s1. The minimum atomic E-state index is -1.51. The second-order valence-corrected chi connectivity index (χ2v) is 27.0. The molecule has 5 N–H and O–H groups in total. The van der Waals surface area contributed by atoms with E-state index in [2.05, 4.69) is 21.3 Å². The fourth-order valence-corrected chi connectivity index (χ4v) is 12.7. The SMILES string of the molecule is CC(C)(C)OC(=O)N[C@H]1CCOCC/C=C\[C@@H]2C[C@@]2(C(=O)O)NC(=O)[C@@H]2C[C@@H](OC(=O)N3Cc4cccc(Cl)c4C3)CN2C1=O.CCOC(=O)[C@@]12C[C@H]1/C=C\CCOCC[C@H](NC(=O)OC(C)(C)C)C(=O)N1C[C@H](OC(=O)N3Cc4cccc(Cl)c4C3)C[C@H]1C(=O)N2. The lowest BCUT2D eigenvalue weighted by Gasteiger charge is -2.30. The highest BCUT2D eigenvalue weighted by molar-refractivity contribution is 6.31. The summed E-state index contributed by atoms with van der Waals surface area (Å²) in [5.74, 6) is -4.88. The molecular formula is C64H82Cl2N8O18. The third-order valence-corrected chi connectivity index (χ3v) is 17.7. The second-order valence-electron chi connectivity index (χ2n) is 26.2. The lowest BCUT2D eigenvalue weighted by Crippen LogP contribution is -2.57. The molecule has 0 bridgehead atoms. The first kappa shape index (κ1) is 68.7. The summed E-state index contributed by atoms with van der Waals surface area (Å²) in [6.45, 7) is 13.9. The normalized spacial score (nSPS) is 28.8. The Hall–Kier alpha value is -7.68. The largest absolute Gasteiger partial charge is 0.479 e. The zero-order valence-electron chi connectivity index (χ0n) is 52.8. The number of rotatable bonds is 7. The van der Waals surface area contributed by atoms with Crippen molar-refractivity contribution in [3.05, 3.63) is 93.0 Å². The predicted octanol–water partition coefficient (Wildman–Crippen LogP) is 6.44. The van der Waals surface area contributed by atoms with Crippen LogP contribution in [0.4, 0.5) is 19.2 Å². The van der Waals surface area contributed by atoms with Crippen molar-refractivity contribution in [1.29, 1.82) is 0 Å². The molecule has 10 atom stereocenters. The number of nitrogens with one attached hydrogen (secondary N) is 4. The van der Waals surface area contributed by atoms with Gasteiger partial charge in [0.1, 0.15) is 58.7 Å². The maximum Gasteiger partial charge on any atom is 0.410 e. The molecule has 92 heavy (non-hydrogen) atoms. The van der Waals surface area contributed by atoms with Crippen molar-refractivity contribution in [3.8, 4) is 0 Å². The summed E-state index contributed by atoms with van der Waals surface area (Å²) in [5, 5.41) is 21.9. The van der Waals surface area contributed by atoms with E-state index in [-0.39, 0.29) is 84.0 Å². The molecule has 0 radical (unpaired) electrons. The molecule has 2 aromatic carbocycles. The molecule has 0 unspecified atom stereocenters. The number of nitrogens with zero attached hydrogens (tertiary/aromatic N) is 4. The molecule has 8 amide bonds. The van der Waals surface area contributed by atoms with Crippen molar-refractivity contribution in [2.45, 2.75) is 185 Å². The van der Waals surface area contributed by atoms with Crippen molar-refractivity contribution in [1.82, 2.24) is 40.9 Å². The molecule has 0 aromatic heterocycles. The van der Waals surface area contributed by atoms with E-state index in [4.69, 9.17) is 56.4 Å². The molecule has 10 rings (SSSR count). The van der Waals surface area contributed by atoms with Gasteiger partial charge in [0.25, 0.3) is 0 Å². The molecular weight excluding hydrogens is 1240 g/mol. The summed E-state index contributed by atoms with van der Waals surface area (Å²) in [5.41, 5.74) is -0.929. The fraction of sp³-hybridized carbons (Fsp3) is 0.594. The monoisotopic (exact) mass is 1320 g/mol. The van der Waals surface area contributed by atoms with E-state index in [1.807, 2.05) is 36.4 Å². The minimum absolute atomic E-state index is 0.0140. The van der Waals surface area contributed by atoms with E-state index in [9.17, 15) is 53.1 Å². The third-order valence-electron chi connectivity index (χ3n) is 17.0. The Balaban J connectivity index is 0.000000218. The van der Waals surface area contributed by atoms with Crippen LogP contribution in [0.25, 0.3) is 0 Å². The molecule has 0 spiro atoms. The van der Waals surface area contributed by atoms with Crippen LogP contribution in [0.1, 0.15) is 122 Å². The summed E-state index contributed by atoms with van der Waals surface area (Å²) in [7, 11) is 0. The van der Waals surface area contributed by atoms with Crippen molar-refractivity contribution in [2.75, 3.05) is 46.1 Å². The maximum atomic E-state index is 14.1. The van der Waals surface area contributed by atoms with Gasteiger partial charge in [-0.3, -0.25) is 29.0 Å². The Kier molecular flexibility index (Phi) is 21.4. The van der Waals surface area contributed by atoms with Crippen LogP contribution in [0.2, 0.25) is 10.0 Å². The minimum Gasteiger partial charge on any atom is -0.479 e. The van der Waals surface area contributed by atoms with Crippen LogP contribution in [0.15, 0.2) is 60.7 Å². The molecule has 26 nitrogen and oxygen atoms in total. The van der Waals surface area contributed by atoms with Gasteiger partial charge in [0, 0.05) is 73.9 Å². The van der Waals surface area contributed by atoms with Gasteiger partial charge < -0.3 is 69.3 Å². The van der Waals surface area contributed by atoms with Crippen LogP contribution < -0.4 is 21.3 Å². The van der Waals surface area contributed by atoms with Crippen LogP contribution in [-0.4, -0.2) is 189 Å². The third kappa shape index (κ3) is 16.6. The predicted molar refractivity (Wildman–Crippen MR) is 329 cm³/mol. The smallest absolute Gasteiger partial charge is 0.410 e. The Morgan fingerprint density at radius 1 is 0.630 bits per heavy atom. The van der Waals surface area contributed by atoms with Crippen molar-refractivity contribution >= 4 is 83.1 Å². The van der Waals surface area contributed by atoms with E-state index >= 15 is 0 Å². The van der Waals surface area contributed by atoms with Gasteiger partial charge in [-0.05, 0) is 109 Å². The molecule has 6 aliphatic heterocycles. The first-order chi connectivity index (χ1) is 43.6. The highest BCUT2D eigenvalue weighted by atomic mass is 35.5. The van der Waals surface area contributed by atoms with Crippen LogP contribution in [0.5, 0.6) is 0 Å². The molecule has 2 aromatic rings. The van der Waals surface area contributed by atoms with Gasteiger partial charge >= 0.3 is 36.3 Å². The maximum absolute atomic E-state index is 14.1. The molecule has 4 fully saturated rings. The first-order valence-corrected chi connectivity index (χ1v) is 31.9. The molecule has 2 aliphatic carbocycles. The van der Waals surface area contributed by atoms with E-state index in [1.165, 1.54) is 19.6 Å². The van der Waals surface area contributed by atoms with Gasteiger partial charge in [-0.1, -0.05) is 71.8 Å². The number of hydrogen-bond donors (Lipinski definition) is 5. The van der Waals surface area contributed by atoms with Crippen molar-refractivity contribution < 1.29 is 86.2 Å². The van der Waals surface area contributed by atoms with Crippen LogP contribution in [0.3, 0.4) is 0 Å². The van der Waals surface area contributed by atoms with Gasteiger partial charge in [-0.15, -0.1) is 0 Å². The quantitative estimate of drug-likeness (QED) is 0.113. The molecule has 500 valence electrons. The number of fused-ring (bicyclic) bond motifs is 6. The van der Waals surface area contributed by atoms with Gasteiger partial charge in [0.15, 0.2) is 0 Å². The van der Waals surface area contributed by atoms with Crippen LogP contribution in [-0.2, 0) is 88.1 Å². The van der Waals surface area contributed by atoms with Gasteiger partial charge in [0.05, 0.1) is 46.0 Å². The number of hydrogen-bond acceptors (Lipinski definition) is 17.